The molecule has 0 radical (unpaired) electrons. The fourth-order valence-corrected chi connectivity index (χ4v) is 4.26. The first-order chi connectivity index (χ1) is 11.6. The molecule has 0 bridgehead atoms. The van der Waals surface area contributed by atoms with Gasteiger partial charge in [0.1, 0.15) is 6.26 Å². The van der Waals surface area contributed by atoms with Gasteiger partial charge in [0.15, 0.2) is 0 Å². The van der Waals surface area contributed by atoms with Gasteiger partial charge in [0, 0.05) is 25.3 Å². The predicted molar refractivity (Wildman–Crippen MR) is 89.3 cm³/mol. The molecule has 24 heavy (non-hydrogen) atoms. The molecule has 2 heterocycles. The number of nitrogens with zero attached hydrogens (tertiary/aromatic N) is 2. The molecule has 0 saturated carbocycles. The monoisotopic (exact) mass is 351 g/mol. The van der Waals surface area contributed by atoms with Gasteiger partial charge in [-0.2, -0.15) is 17.4 Å². The minimum Gasteiger partial charge on any atom is -0.444 e. The number of aromatic nitrogens is 1. The Morgan fingerprint density at radius 3 is 2.92 bits per heavy atom. The molecule has 0 spiro atoms. The summed E-state index contributed by atoms with van der Waals surface area (Å²) in [6, 6.07) is 9.37. The van der Waals surface area contributed by atoms with Gasteiger partial charge in [-0.1, -0.05) is 18.2 Å². The molecule has 1 aromatic carbocycles. The second-order valence-corrected chi connectivity index (χ2v) is 7.41. The van der Waals surface area contributed by atoms with E-state index in [0.29, 0.717) is 24.7 Å². The molecule has 7 nitrogen and oxygen atoms in total. The summed E-state index contributed by atoms with van der Waals surface area (Å²) in [5.41, 5.74) is 1.39. The van der Waals surface area contributed by atoms with Gasteiger partial charge in [0.2, 0.25) is 5.89 Å². The van der Waals surface area contributed by atoms with E-state index in [0.717, 1.165) is 18.4 Å². The lowest BCUT2D eigenvalue weighted by Crippen LogP contribution is -2.44. The van der Waals surface area contributed by atoms with E-state index in [1.54, 1.807) is 7.11 Å². The topological polar surface area (TPSA) is 84.7 Å². The smallest absolute Gasteiger partial charge is 0.280 e. The van der Waals surface area contributed by atoms with Crippen molar-refractivity contribution in [3.63, 3.8) is 0 Å². The van der Waals surface area contributed by atoms with E-state index in [-0.39, 0.29) is 12.6 Å². The molecule has 130 valence electrons. The highest BCUT2D eigenvalue weighted by molar-refractivity contribution is 7.87. The summed E-state index contributed by atoms with van der Waals surface area (Å²) < 4.78 is 39.5. The Kier molecular flexibility index (Phi) is 5.30. The lowest BCUT2D eigenvalue weighted by molar-refractivity contribution is 0.148. The number of rotatable bonds is 7. The van der Waals surface area contributed by atoms with Crippen LogP contribution in [0.5, 0.6) is 0 Å². The number of oxazole rings is 1. The van der Waals surface area contributed by atoms with Crippen molar-refractivity contribution >= 4 is 10.2 Å². The highest BCUT2D eigenvalue weighted by Gasteiger charge is 2.33. The van der Waals surface area contributed by atoms with E-state index < -0.39 is 10.2 Å². The third-order valence-corrected chi connectivity index (χ3v) is 5.61. The molecule has 8 heteroatoms. The summed E-state index contributed by atoms with van der Waals surface area (Å²) in [6.07, 6.45) is 3.13. The maximum Gasteiger partial charge on any atom is 0.280 e. The standard InChI is InChI=1S/C16H21N3O4S/c1-22-12-15-8-5-9-19(15)24(20,21)17-10-14-11-23-16(18-14)13-6-3-2-4-7-13/h2-4,6-7,11,15,17H,5,8-10,12H2,1H3. The summed E-state index contributed by atoms with van der Waals surface area (Å²) in [4.78, 5) is 4.33. The third kappa shape index (κ3) is 3.84. The van der Waals surface area contributed by atoms with Crippen molar-refractivity contribution in [1.82, 2.24) is 14.0 Å². The summed E-state index contributed by atoms with van der Waals surface area (Å²) in [5.74, 6) is 0.475. The van der Waals surface area contributed by atoms with Gasteiger partial charge in [-0.15, -0.1) is 0 Å². The van der Waals surface area contributed by atoms with Crippen molar-refractivity contribution in [1.29, 1.82) is 0 Å². The summed E-state index contributed by atoms with van der Waals surface area (Å²) in [6.45, 7) is 1.01. The van der Waals surface area contributed by atoms with Crippen LogP contribution in [-0.2, 0) is 21.5 Å². The Bertz CT molecular complexity index is 761. The van der Waals surface area contributed by atoms with Crippen LogP contribution in [0.15, 0.2) is 41.0 Å². The van der Waals surface area contributed by atoms with E-state index in [4.69, 9.17) is 9.15 Å². The van der Waals surface area contributed by atoms with Crippen molar-refractivity contribution in [3.8, 4) is 11.5 Å². The number of nitrogens with one attached hydrogen (secondary N) is 1. The summed E-state index contributed by atoms with van der Waals surface area (Å²) in [5, 5.41) is 0. The second kappa shape index (κ2) is 7.43. The normalized spacial score (nSPS) is 19.0. The molecule has 1 fully saturated rings. The highest BCUT2D eigenvalue weighted by Crippen LogP contribution is 2.21. The van der Waals surface area contributed by atoms with Gasteiger partial charge < -0.3 is 9.15 Å². The fraction of sp³-hybridized carbons (Fsp3) is 0.438. The van der Waals surface area contributed by atoms with Crippen molar-refractivity contribution in [2.45, 2.75) is 25.4 Å². The van der Waals surface area contributed by atoms with Crippen LogP contribution in [0.1, 0.15) is 18.5 Å². The SMILES string of the molecule is COCC1CCCN1S(=O)(=O)NCc1coc(-c2ccccc2)n1. The minimum atomic E-state index is -3.56. The zero-order valence-electron chi connectivity index (χ0n) is 13.5. The van der Waals surface area contributed by atoms with E-state index in [9.17, 15) is 8.42 Å². The average molecular weight is 351 g/mol. The summed E-state index contributed by atoms with van der Waals surface area (Å²) in [7, 11) is -1.98. The van der Waals surface area contributed by atoms with Crippen LogP contribution < -0.4 is 4.72 Å². The number of methoxy groups -OCH3 is 1. The predicted octanol–water partition coefficient (Wildman–Crippen LogP) is 1.79. The third-order valence-electron chi connectivity index (χ3n) is 4.00. The molecule has 1 atom stereocenters. The molecule has 1 saturated heterocycles. The van der Waals surface area contributed by atoms with Crippen molar-refractivity contribution < 1.29 is 17.6 Å². The van der Waals surface area contributed by atoms with Crippen molar-refractivity contribution in [2.75, 3.05) is 20.3 Å². The molecule has 0 amide bonds. The van der Waals surface area contributed by atoms with Gasteiger partial charge in [0.25, 0.3) is 10.2 Å². The fourth-order valence-electron chi connectivity index (χ4n) is 2.83. The molecule has 1 unspecified atom stereocenters. The quantitative estimate of drug-likeness (QED) is 0.822. The number of ether oxygens (including phenoxy) is 1. The van der Waals surface area contributed by atoms with Gasteiger partial charge in [-0.3, -0.25) is 0 Å². The Morgan fingerprint density at radius 1 is 1.38 bits per heavy atom. The lowest BCUT2D eigenvalue weighted by atomic mass is 10.2. The molecule has 1 aliphatic rings. The lowest BCUT2D eigenvalue weighted by Gasteiger charge is -2.23. The molecule has 1 aromatic heterocycles. The molecule has 1 aliphatic heterocycles. The highest BCUT2D eigenvalue weighted by atomic mass is 32.2. The van der Waals surface area contributed by atoms with E-state index in [1.165, 1.54) is 10.6 Å². The van der Waals surface area contributed by atoms with Gasteiger partial charge >= 0.3 is 0 Å². The molecule has 3 rings (SSSR count). The molecular weight excluding hydrogens is 330 g/mol. The molecule has 2 aromatic rings. The van der Waals surface area contributed by atoms with Crippen LogP contribution in [0.4, 0.5) is 0 Å². The van der Waals surface area contributed by atoms with Gasteiger partial charge in [-0.25, -0.2) is 4.98 Å². The molecular formula is C16H21N3O4S. The number of hydrogen-bond acceptors (Lipinski definition) is 5. The van der Waals surface area contributed by atoms with E-state index in [1.807, 2.05) is 30.3 Å². The first-order valence-corrected chi connectivity index (χ1v) is 9.29. The van der Waals surface area contributed by atoms with Crippen molar-refractivity contribution in [2.24, 2.45) is 0 Å². The van der Waals surface area contributed by atoms with Crippen LogP contribution in [0.3, 0.4) is 0 Å². The number of hydrogen-bond donors (Lipinski definition) is 1. The maximum absolute atomic E-state index is 12.5. The van der Waals surface area contributed by atoms with Crippen molar-refractivity contribution in [3.05, 3.63) is 42.3 Å². The number of benzene rings is 1. The first kappa shape index (κ1) is 17.1. The van der Waals surface area contributed by atoms with Gasteiger partial charge in [-0.05, 0) is 25.0 Å². The zero-order chi connectivity index (χ0) is 17.0. The maximum atomic E-state index is 12.5. The van der Waals surface area contributed by atoms with E-state index >= 15 is 0 Å². The molecule has 0 aliphatic carbocycles. The van der Waals surface area contributed by atoms with Crippen LogP contribution >= 0.6 is 0 Å². The second-order valence-electron chi connectivity index (χ2n) is 5.70. The van der Waals surface area contributed by atoms with Crippen LogP contribution in [0.25, 0.3) is 11.5 Å². The molecule has 1 N–H and O–H groups in total. The average Bonchev–Trinajstić information content (AvgIpc) is 3.24. The summed E-state index contributed by atoms with van der Waals surface area (Å²) >= 11 is 0. The Hall–Kier alpha value is -1.74. The first-order valence-electron chi connectivity index (χ1n) is 7.85. The largest absolute Gasteiger partial charge is 0.444 e. The van der Waals surface area contributed by atoms with Crippen LogP contribution in [0.2, 0.25) is 0 Å². The zero-order valence-corrected chi connectivity index (χ0v) is 14.3. The Labute approximate surface area is 141 Å². The van der Waals surface area contributed by atoms with E-state index in [2.05, 4.69) is 9.71 Å². The van der Waals surface area contributed by atoms with Crippen LogP contribution in [0, 0.1) is 0 Å². The Morgan fingerprint density at radius 2 is 2.17 bits per heavy atom. The van der Waals surface area contributed by atoms with Crippen LogP contribution in [-0.4, -0.2) is 44.0 Å². The minimum absolute atomic E-state index is 0.0921. The van der Waals surface area contributed by atoms with Gasteiger partial charge in [0.05, 0.1) is 18.8 Å². The Balaban J connectivity index is 1.64.